The van der Waals surface area contributed by atoms with Crippen molar-refractivity contribution in [3.63, 3.8) is 0 Å². The maximum Gasteiger partial charge on any atom is 0.224 e. The standard InChI is InChI=1S/C15H13ClFNO2/c16-13-7-11(4-5-14(13)17)9-18-15(20)8-10-2-1-3-12(19)6-10/h1-7,19H,8-9H2,(H,18,20). The van der Waals surface area contributed by atoms with Gasteiger partial charge in [0.2, 0.25) is 5.91 Å². The molecule has 1 amide bonds. The highest BCUT2D eigenvalue weighted by molar-refractivity contribution is 6.30. The minimum atomic E-state index is -0.485. The maximum absolute atomic E-state index is 13.0. The summed E-state index contributed by atoms with van der Waals surface area (Å²) in [5.74, 6) is -0.543. The average molecular weight is 294 g/mol. The van der Waals surface area contributed by atoms with Crippen molar-refractivity contribution in [2.75, 3.05) is 0 Å². The van der Waals surface area contributed by atoms with E-state index in [0.717, 1.165) is 11.1 Å². The van der Waals surface area contributed by atoms with Crippen LogP contribution in [0.25, 0.3) is 0 Å². The van der Waals surface area contributed by atoms with E-state index in [4.69, 9.17) is 11.6 Å². The van der Waals surface area contributed by atoms with Crippen LogP contribution in [0.3, 0.4) is 0 Å². The number of benzene rings is 2. The molecule has 0 unspecified atom stereocenters. The molecular weight excluding hydrogens is 281 g/mol. The number of aromatic hydroxyl groups is 1. The lowest BCUT2D eigenvalue weighted by molar-refractivity contribution is -0.120. The first-order valence-corrected chi connectivity index (χ1v) is 6.41. The Morgan fingerprint density at radius 2 is 2.00 bits per heavy atom. The van der Waals surface area contributed by atoms with Crippen molar-refractivity contribution in [2.24, 2.45) is 0 Å². The Labute approximate surface area is 121 Å². The Hall–Kier alpha value is -2.07. The Morgan fingerprint density at radius 1 is 1.20 bits per heavy atom. The predicted octanol–water partition coefficient (Wildman–Crippen LogP) is 3.04. The number of hydrogen-bond acceptors (Lipinski definition) is 2. The first kappa shape index (κ1) is 14.3. The van der Waals surface area contributed by atoms with E-state index in [0.29, 0.717) is 0 Å². The molecule has 2 aromatic carbocycles. The van der Waals surface area contributed by atoms with Gasteiger partial charge in [-0.15, -0.1) is 0 Å². The molecule has 0 aliphatic carbocycles. The minimum Gasteiger partial charge on any atom is -0.508 e. The van der Waals surface area contributed by atoms with Crippen molar-refractivity contribution in [3.8, 4) is 5.75 Å². The summed E-state index contributed by atoms with van der Waals surface area (Å²) < 4.78 is 13.0. The Morgan fingerprint density at radius 3 is 2.70 bits per heavy atom. The second kappa shape index (κ2) is 6.39. The van der Waals surface area contributed by atoms with Crippen molar-refractivity contribution in [2.45, 2.75) is 13.0 Å². The molecule has 2 N–H and O–H groups in total. The monoisotopic (exact) mass is 293 g/mol. The first-order valence-electron chi connectivity index (χ1n) is 6.03. The van der Waals surface area contributed by atoms with Gasteiger partial charge in [-0.2, -0.15) is 0 Å². The van der Waals surface area contributed by atoms with Gasteiger partial charge in [-0.25, -0.2) is 4.39 Å². The molecule has 2 aromatic rings. The predicted molar refractivity (Wildman–Crippen MR) is 75.1 cm³/mol. The molecule has 0 aromatic heterocycles. The van der Waals surface area contributed by atoms with E-state index in [1.54, 1.807) is 24.3 Å². The average Bonchev–Trinajstić information content (AvgIpc) is 2.40. The number of phenolic OH excluding ortho intramolecular Hbond substituents is 1. The molecule has 0 saturated heterocycles. The largest absolute Gasteiger partial charge is 0.508 e. The van der Waals surface area contributed by atoms with Crippen molar-refractivity contribution in [3.05, 3.63) is 64.4 Å². The summed E-state index contributed by atoms with van der Waals surface area (Å²) in [7, 11) is 0. The molecule has 0 fully saturated rings. The van der Waals surface area contributed by atoms with Gasteiger partial charge in [0.1, 0.15) is 11.6 Å². The number of carbonyl (C=O) groups excluding carboxylic acids is 1. The number of carbonyl (C=O) groups is 1. The minimum absolute atomic E-state index is 0.0322. The van der Waals surface area contributed by atoms with Crippen LogP contribution in [0.1, 0.15) is 11.1 Å². The van der Waals surface area contributed by atoms with Crippen molar-refractivity contribution < 1.29 is 14.3 Å². The van der Waals surface area contributed by atoms with Crippen LogP contribution in [0.4, 0.5) is 4.39 Å². The zero-order chi connectivity index (χ0) is 14.5. The molecule has 20 heavy (non-hydrogen) atoms. The number of rotatable bonds is 4. The highest BCUT2D eigenvalue weighted by Gasteiger charge is 2.05. The highest BCUT2D eigenvalue weighted by atomic mass is 35.5. The second-order valence-corrected chi connectivity index (χ2v) is 4.78. The van der Waals surface area contributed by atoms with E-state index in [1.807, 2.05) is 0 Å². The van der Waals surface area contributed by atoms with Crippen LogP contribution in [0.15, 0.2) is 42.5 Å². The molecule has 0 spiro atoms. The van der Waals surface area contributed by atoms with E-state index < -0.39 is 5.82 Å². The molecule has 0 heterocycles. The number of halogens is 2. The van der Waals surface area contributed by atoms with Crippen LogP contribution in [0.2, 0.25) is 5.02 Å². The number of phenols is 1. The van der Waals surface area contributed by atoms with Gasteiger partial charge in [-0.3, -0.25) is 4.79 Å². The Kier molecular flexibility index (Phi) is 4.58. The van der Waals surface area contributed by atoms with Crippen LogP contribution in [-0.4, -0.2) is 11.0 Å². The van der Waals surface area contributed by atoms with E-state index >= 15 is 0 Å². The number of hydrogen-bond donors (Lipinski definition) is 2. The zero-order valence-electron chi connectivity index (χ0n) is 10.6. The number of nitrogens with one attached hydrogen (secondary N) is 1. The normalized spacial score (nSPS) is 10.3. The van der Waals surface area contributed by atoms with E-state index in [2.05, 4.69) is 5.32 Å². The summed E-state index contributed by atoms with van der Waals surface area (Å²) in [6.07, 6.45) is 0.170. The molecule has 5 heteroatoms. The quantitative estimate of drug-likeness (QED) is 0.910. The third-order valence-electron chi connectivity index (χ3n) is 2.75. The zero-order valence-corrected chi connectivity index (χ0v) is 11.3. The summed E-state index contributed by atoms with van der Waals surface area (Å²) in [4.78, 5) is 11.7. The molecule has 2 rings (SSSR count). The lowest BCUT2D eigenvalue weighted by Crippen LogP contribution is -2.24. The van der Waals surface area contributed by atoms with Crippen LogP contribution in [0.5, 0.6) is 5.75 Å². The summed E-state index contributed by atoms with van der Waals surface area (Å²) in [6, 6.07) is 10.8. The van der Waals surface area contributed by atoms with E-state index in [9.17, 15) is 14.3 Å². The van der Waals surface area contributed by atoms with Crippen LogP contribution < -0.4 is 5.32 Å². The van der Waals surface area contributed by atoms with Gasteiger partial charge in [0, 0.05) is 6.54 Å². The van der Waals surface area contributed by atoms with Gasteiger partial charge >= 0.3 is 0 Å². The molecule has 3 nitrogen and oxygen atoms in total. The molecule has 0 bridgehead atoms. The second-order valence-electron chi connectivity index (χ2n) is 4.37. The number of amides is 1. The molecule has 0 atom stereocenters. The smallest absolute Gasteiger partial charge is 0.224 e. The highest BCUT2D eigenvalue weighted by Crippen LogP contribution is 2.16. The van der Waals surface area contributed by atoms with Gasteiger partial charge in [-0.05, 0) is 35.4 Å². The summed E-state index contributed by atoms with van der Waals surface area (Å²) in [5, 5.41) is 12.1. The lowest BCUT2D eigenvalue weighted by Gasteiger charge is -2.06. The summed E-state index contributed by atoms with van der Waals surface area (Å²) in [5.41, 5.74) is 1.44. The Balaban J connectivity index is 1.90. The van der Waals surface area contributed by atoms with Crippen LogP contribution in [0, 0.1) is 5.82 Å². The fraction of sp³-hybridized carbons (Fsp3) is 0.133. The molecule has 0 radical (unpaired) electrons. The third kappa shape index (κ3) is 3.96. The molecule has 0 aliphatic rings. The van der Waals surface area contributed by atoms with E-state index in [-0.39, 0.29) is 29.6 Å². The molecule has 0 saturated carbocycles. The van der Waals surface area contributed by atoms with Gasteiger partial charge in [0.25, 0.3) is 0 Å². The van der Waals surface area contributed by atoms with E-state index in [1.165, 1.54) is 18.2 Å². The van der Waals surface area contributed by atoms with Gasteiger partial charge in [0.05, 0.1) is 11.4 Å². The van der Waals surface area contributed by atoms with Gasteiger partial charge in [0.15, 0.2) is 0 Å². The molecule has 104 valence electrons. The first-order chi connectivity index (χ1) is 9.54. The van der Waals surface area contributed by atoms with Gasteiger partial charge in [-0.1, -0.05) is 29.8 Å². The van der Waals surface area contributed by atoms with Crippen LogP contribution >= 0.6 is 11.6 Å². The summed E-state index contributed by atoms with van der Waals surface area (Å²) >= 11 is 5.66. The SMILES string of the molecule is O=C(Cc1cccc(O)c1)NCc1ccc(F)c(Cl)c1. The van der Waals surface area contributed by atoms with Crippen molar-refractivity contribution in [1.29, 1.82) is 0 Å². The topological polar surface area (TPSA) is 49.3 Å². The fourth-order valence-electron chi connectivity index (χ4n) is 1.76. The van der Waals surface area contributed by atoms with Gasteiger partial charge < -0.3 is 10.4 Å². The molecular formula is C15H13ClFNO2. The lowest BCUT2D eigenvalue weighted by atomic mass is 10.1. The fourth-order valence-corrected chi connectivity index (χ4v) is 1.97. The maximum atomic E-state index is 13.0. The molecule has 0 aliphatic heterocycles. The van der Waals surface area contributed by atoms with Crippen molar-refractivity contribution >= 4 is 17.5 Å². The Bertz CT molecular complexity index is 631. The van der Waals surface area contributed by atoms with Crippen molar-refractivity contribution in [1.82, 2.24) is 5.32 Å². The third-order valence-corrected chi connectivity index (χ3v) is 3.04. The van der Waals surface area contributed by atoms with Crippen LogP contribution in [-0.2, 0) is 17.8 Å². The summed E-state index contributed by atoms with van der Waals surface area (Å²) in [6.45, 7) is 0.275.